The average Bonchev–Trinajstić information content (AvgIpc) is 2.49. The van der Waals surface area contributed by atoms with Crippen LogP contribution in [-0.4, -0.2) is 0 Å². The minimum absolute atomic E-state index is 0.710. The Balaban J connectivity index is 0.000000956. The predicted octanol–water partition coefficient (Wildman–Crippen LogP) is 6.14. The Labute approximate surface area is 124 Å². The number of hydrogen-bond acceptors (Lipinski definition) is 0. The van der Waals surface area contributed by atoms with E-state index in [0.29, 0.717) is 5.92 Å². The van der Waals surface area contributed by atoms with Crippen LogP contribution in [0, 0.1) is 5.92 Å². The summed E-state index contributed by atoms with van der Waals surface area (Å²) in [5, 5.41) is 0. The van der Waals surface area contributed by atoms with Crippen LogP contribution in [0.5, 0.6) is 0 Å². The largest absolute Gasteiger partial charge is 0.0683 e. The fourth-order valence-corrected chi connectivity index (χ4v) is 2.45. The molecule has 0 aliphatic carbocycles. The molecule has 0 amide bonds. The first kappa shape index (κ1) is 16.5. The molecule has 108 valence electrons. The van der Waals surface area contributed by atoms with E-state index in [9.17, 15) is 0 Å². The summed E-state index contributed by atoms with van der Waals surface area (Å²) in [5.74, 6) is 0.710. The highest BCUT2D eigenvalue weighted by atomic mass is 14.1. The third-order valence-corrected chi connectivity index (χ3v) is 3.28. The van der Waals surface area contributed by atoms with Gasteiger partial charge in [0.05, 0.1) is 0 Å². The van der Waals surface area contributed by atoms with E-state index in [4.69, 9.17) is 0 Å². The molecule has 0 heterocycles. The highest BCUT2D eigenvalue weighted by molar-refractivity contribution is 5.68. The molecule has 0 bridgehead atoms. The quantitative estimate of drug-likeness (QED) is 0.624. The Morgan fingerprint density at radius 1 is 0.900 bits per heavy atom. The molecular weight excluding hydrogens is 240 g/mol. The van der Waals surface area contributed by atoms with Crippen LogP contribution in [-0.2, 0) is 12.8 Å². The molecule has 0 aromatic heterocycles. The van der Waals surface area contributed by atoms with Gasteiger partial charge in [0.2, 0.25) is 0 Å². The molecule has 0 heteroatoms. The SMILES string of the molecule is CC.CCc1ccccc1-c1cccc(CC(C)C)c1. The van der Waals surface area contributed by atoms with Crippen LogP contribution < -0.4 is 0 Å². The van der Waals surface area contributed by atoms with E-state index in [1.807, 2.05) is 13.8 Å². The third kappa shape index (κ3) is 4.52. The average molecular weight is 268 g/mol. The van der Waals surface area contributed by atoms with E-state index in [-0.39, 0.29) is 0 Å². The molecule has 0 unspecified atom stereocenters. The van der Waals surface area contributed by atoms with Crippen molar-refractivity contribution in [2.24, 2.45) is 5.92 Å². The van der Waals surface area contributed by atoms with Crippen molar-refractivity contribution in [3.8, 4) is 11.1 Å². The maximum absolute atomic E-state index is 2.34. The van der Waals surface area contributed by atoms with Gasteiger partial charge in [0, 0.05) is 0 Å². The van der Waals surface area contributed by atoms with E-state index < -0.39 is 0 Å². The van der Waals surface area contributed by atoms with Crippen molar-refractivity contribution < 1.29 is 0 Å². The molecule has 0 saturated heterocycles. The van der Waals surface area contributed by atoms with Gasteiger partial charge in [-0.15, -0.1) is 0 Å². The highest BCUT2D eigenvalue weighted by Gasteiger charge is 2.04. The standard InChI is InChI=1S/C18H22.C2H6/c1-4-16-9-5-6-11-18(16)17-10-7-8-15(13-17)12-14(2)3;1-2/h5-11,13-14H,4,12H2,1-3H3;1-2H3. The van der Waals surface area contributed by atoms with Crippen molar-refractivity contribution in [1.29, 1.82) is 0 Å². The molecule has 0 N–H and O–H groups in total. The Hall–Kier alpha value is -1.56. The molecule has 2 aromatic carbocycles. The summed E-state index contributed by atoms with van der Waals surface area (Å²) in [7, 11) is 0. The second-order valence-corrected chi connectivity index (χ2v) is 5.31. The zero-order chi connectivity index (χ0) is 15.0. The first-order valence-electron chi connectivity index (χ1n) is 7.88. The maximum Gasteiger partial charge on any atom is -0.0152 e. The van der Waals surface area contributed by atoms with E-state index in [1.54, 1.807) is 0 Å². The summed E-state index contributed by atoms with van der Waals surface area (Å²) in [6, 6.07) is 17.7. The second-order valence-electron chi connectivity index (χ2n) is 5.31. The molecule has 0 spiro atoms. The van der Waals surface area contributed by atoms with Crippen LogP contribution in [0.2, 0.25) is 0 Å². The molecular formula is C20H28. The topological polar surface area (TPSA) is 0 Å². The molecule has 0 aliphatic rings. The predicted molar refractivity (Wildman–Crippen MR) is 91.1 cm³/mol. The van der Waals surface area contributed by atoms with Crippen LogP contribution in [0.4, 0.5) is 0 Å². The molecule has 20 heavy (non-hydrogen) atoms. The van der Waals surface area contributed by atoms with Gasteiger partial charge in [-0.1, -0.05) is 83.1 Å². The summed E-state index contributed by atoms with van der Waals surface area (Å²) in [6.45, 7) is 10.8. The minimum Gasteiger partial charge on any atom is -0.0683 e. The van der Waals surface area contributed by atoms with Crippen molar-refractivity contribution in [3.63, 3.8) is 0 Å². The molecule has 2 aromatic rings. The third-order valence-electron chi connectivity index (χ3n) is 3.28. The Kier molecular flexibility index (Phi) is 7.08. The first-order valence-corrected chi connectivity index (χ1v) is 7.88. The fourth-order valence-electron chi connectivity index (χ4n) is 2.45. The molecule has 0 atom stereocenters. The van der Waals surface area contributed by atoms with E-state index >= 15 is 0 Å². The first-order chi connectivity index (χ1) is 9.70. The van der Waals surface area contributed by atoms with Crippen molar-refractivity contribution in [2.45, 2.75) is 47.5 Å². The lowest BCUT2D eigenvalue weighted by atomic mass is 9.94. The molecule has 0 nitrogen and oxygen atoms in total. The Morgan fingerprint density at radius 2 is 1.60 bits per heavy atom. The molecule has 0 saturated carbocycles. The van der Waals surface area contributed by atoms with Crippen LogP contribution in [0.3, 0.4) is 0 Å². The number of rotatable bonds is 4. The number of benzene rings is 2. The molecule has 0 radical (unpaired) electrons. The van der Waals surface area contributed by atoms with Crippen molar-refractivity contribution in [3.05, 3.63) is 59.7 Å². The molecule has 2 rings (SSSR count). The summed E-state index contributed by atoms with van der Waals surface area (Å²) in [6.07, 6.45) is 2.24. The van der Waals surface area contributed by atoms with E-state index in [0.717, 1.165) is 12.8 Å². The zero-order valence-corrected chi connectivity index (χ0v) is 13.6. The summed E-state index contributed by atoms with van der Waals surface area (Å²) in [5.41, 5.74) is 5.60. The normalized spacial score (nSPS) is 10.1. The second kappa shape index (κ2) is 8.58. The van der Waals surface area contributed by atoms with Gasteiger partial charge >= 0.3 is 0 Å². The van der Waals surface area contributed by atoms with Gasteiger partial charge < -0.3 is 0 Å². The lowest BCUT2D eigenvalue weighted by Crippen LogP contribution is -1.94. The van der Waals surface area contributed by atoms with Crippen molar-refractivity contribution in [1.82, 2.24) is 0 Å². The van der Waals surface area contributed by atoms with Gasteiger partial charge in [-0.25, -0.2) is 0 Å². The van der Waals surface area contributed by atoms with Crippen LogP contribution >= 0.6 is 0 Å². The summed E-state index contributed by atoms with van der Waals surface area (Å²) < 4.78 is 0. The van der Waals surface area contributed by atoms with E-state index in [2.05, 4.69) is 69.3 Å². The lowest BCUT2D eigenvalue weighted by Gasteiger charge is -2.10. The number of aryl methyl sites for hydroxylation is 1. The van der Waals surface area contributed by atoms with Crippen LogP contribution in [0.25, 0.3) is 11.1 Å². The van der Waals surface area contributed by atoms with Gasteiger partial charge in [-0.2, -0.15) is 0 Å². The van der Waals surface area contributed by atoms with Gasteiger partial charge in [0.15, 0.2) is 0 Å². The zero-order valence-electron chi connectivity index (χ0n) is 13.6. The van der Waals surface area contributed by atoms with Crippen LogP contribution in [0.1, 0.15) is 45.7 Å². The van der Waals surface area contributed by atoms with Crippen molar-refractivity contribution >= 4 is 0 Å². The van der Waals surface area contributed by atoms with Crippen molar-refractivity contribution in [2.75, 3.05) is 0 Å². The maximum atomic E-state index is 2.34. The molecule has 0 fully saturated rings. The fraction of sp³-hybridized carbons (Fsp3) is 0.400. The Bertz CT molecular complexity index is 509. The summed E-state index contributed by atoms with van der Waals surface area (Å²) in [4.78, 5) is 0. The molecule has 0 aliphatic heterocycles. The lowest BCUT2D eigenvalue weighted by molar-refractivity contribution is 0.647. The van der Waals surface area contributed by atoms with Gasteiger partial charge in [0.1, 0.15) is 0 Å². The smallest absolute Gasteiger partial charge is 0.0152 e. The van der Waals surface area contributed by atoms with Gasteiger partial charge in [-0.3, -0.25) is 0 Å². The highest BCUT2D eigenvalue weighted by Crippen LogP contribution is 2.25. The Morgan fingerprint density at radius 3 is 2.25 bits per heavy atom. The monoisotopic (exact) mass is 268 g/mol. The minimum atomic E-state index is 0.710. The van der Waals surface area contributed by atoms with E-state index in [1.165, 1.54) is 22.3 Å². The van der Waals surface area contributed by atoms with Gasteiger partial charge in [0.25, 0.3) is 0 Å². The summed E-state index contributed by atoms with van der Waals surface area (Å²) >= 11 is 0. The van der Waals surface area contributed by atoms with Crippen LogP contribution in [0.15, 0.2) is 48.5 Å². The van der Waals surface area contributed by atoms with Gasteiger partial charge in [-0.05, 0) is 41.0 Å². The number of hydrogen-bond donors (Lipinski definition) is 0.